The van der Waals surface area contributed by atoms with Crippen LogP contribution in [-0.4, -0.2) is 55.4 Å². The summed E-state index contributed by atoms with van der Waals surface area (Å²) in [7, 11) is -4.24. The first-order chi connectivity index (χ1) is 16.8. The molecule has 0 amide bonds. The Balaban J connectivity index is 1.80. The molecule has 0 unspecified atom stereocenters. The molecule has 3 rings (SSSR count). The third kappa shape index (κ3) is 6.86. The molecular formula is C21H26BrClN3O9P. The van der Waals surface area contributed by atoms with E-state index in [0.29, 0.717) is 0 Å². The van der Waals surface area contributed by atoms with Crippen molar-refractivity contribution < 1.29 is 33.0 Å². The molecule has 3 N–H and O–H groups in total. The molecule has 2 aromatic rings. The smallest absolute Gasteiger partial charge is 0.459 e. The maximum absolute atomic E-state index is 13.6. The van der Waals surface area contributed by atoms with Gasteiger partial charge in [0.25, 0.3) is 5.56 Å². The van der Waals surface area contributed by atoms with Gasteiger partial charge >= 0.3 is 19.4 Å². The summed E-state index contributed by atoms with van der Waals surface area (Å²) in [5.74, 6) is -0.490. The minimum absolute atomic E-state index is 0.190. The zero-order chi connectivity index (χ0) is 26.7. The second-order valence-electron chi connectivity index (χ2n) is 8.20. The second kappa shape index (κ2) is 11.6. The monoisotopic (exact) mass is 609 g/mol. The SMILES string of the molecule is CC(C)OC(=O)[C@H](C)N[P@@](=O)(OC[C@H]1O[C@@H](n2ccc(=O)[nH]c2=O)[C@](Cl)(Br)[C@@H]1O)Oc1ccccc1. The van der Waals surface area contributed by atoms with Crippen LogP contribution < -0.4 is 20.9 Å². The zero-order valence-corrected chi connectivity index (χ0v) is 22.7. The molecule has 1 aliphatic heterocycles. The molecule has 12 nitrogen and oxygen atoms in total. The van der Waals surface area contributed by atoms with E-state index in [9.17, 15) is 24.1 Å². The summed E-state index contributed by atoms with van der Waals surface area (Å²) in [4.78, 5) is 38.0. The average molecular weight is 611 g/mol. The van der Waals surface area contributed by atoms with E-state index < -0.39 is 65.9 Å². The number of H-pyrrole nitrogens is 1. The predicted octanol–water partition coefficient (Wildman–Crippen LogP) is 2.26. The van der Waals surface area contributed by atoms with Gasteiger partial charge in [0.05, 0.1) is 12.7 Å². The van der Waals surface area contributed by atoms with E-state index >= 15 is 0 Å². The predicted molar refractivity (Wildman–Crippen MR) is 133 cm³/mol. The van der Waals surface area contributed by atoms with Crippen LogP contribution in [0.1, 0.15) is 27.0 Å². The third-order valence-electron chi connectivity index (χ3n) is 4.92. The number of nitrogens with zero attached hydrogens (tertiary/aromatic N) is 1. The van der Waals surface area contributed by atoms with E-state index in [1.165, 1.54) is 19.1 Å². The highest BCUT2D eigenvalue weighted by Gasteiger charge is 2.55. The fourth-order valence-electron chi connectivity index (χ4n) is 3.22. The van der Waals surface area contributed by atoms with Gasteiger partial charge in [0.15, 0.2) is 10.0 Å². The molecule has 1 aromatic heterocycles. The van der Waals surface area contributed by atoms with Gasteiger partial charge in [-0.3, -0.25) is 23.7 Å². The van der Waals surface area contributed by atoms with Crippen molar-refractivity contribution >= 4 is 41.2 Å². The van der Waals surface area contributed by atoms with Gasteiger partial charge in [0, 0.05) is 12.3 Å². The first-order valence-corrected chi connectivity index (χ1v) is 13.5. The van der Waals surface area contributed by atoms with Gasteiger partial charge in [-0.05, 0) is 32.9 Å². The lowest BCUT2D eigenvalue weighted by Crippen LogP contribution is -2.41. The lowest BCUT2D eigenvalue weighted by molar-refractivity contribution is -0.149. The van der Waals surface area contributed by atoms with Crippen LogP contribution in [0.4, 0.5) is 0 Å². The van der Waals surface area contributed by atoms with E-state index in [2.05, 4.69) is 26.0 Å². The maximum atomic E-state index is 13.6. The fraction of sp³-hybridized carbons (Fsp3) is 0.476. The number of carbonyl (C=O) groups excluding carboxylic acids is 1. The Labute approximate surface area is 219 Å². The largest absolute Gasteiger partial charge is 0.462 e. The summed E-state index contributed by atoms with van der Waals surface area (Å²) in [6.07, 6.45) is -3.17. The quantitative estimate of drug-likeness (QED) is 0.207. The molecule has 2 heterocycles. The summed E-state index contributed by atoms with van der Waals surface area (Å²) < 4.78 is 34.9. The highest BCUT2D eigenvalue weighted by molar-refractivity contribution is 9.10. The number of nitrogens with one attached hydrogen (secondary N) is 2. The summed E-state index contributed by atoms with van der Waals surface area (Å²) in [6, 6.07) is 8.12. The first kappa shape index (κ1) is 28.6. The number of aromatic amines is 1. The summed E-state index contributed by atoms with van der Waals surface area (Å²) in [5, 5.41) is 13.3. The topological polar surface area (TPSA) is 158 Å². The lowest BCUT2D eigenvalue weighted by Gasteiger charge is -2.25. The Bertz CT molecular complexity index is 1220. The number of aliphatic hydroxyl groups excluding tert-OH is 1. The number of carbonyl (C=O) groups is 1. The first-order valence-electron chi connectivity index (χ1n) is 10.8. The number of rotatable bonds is 10. The number of aliphatic hydroxyl groups is 1. The van der Waals surface area contributed by atoms with E-state index in [4.69, 9.17) is 30.1 Å². The molecule has 0 spiro atoms. The van der Waals surface area contributed by atoms with Crippen LogP contribution >= 0.6 is 35.3 Å². The number of ether oxygens (including phenoxy) is 2. The van der Waals surface area contributed by atoms with E-state index in [0.717, 1.165) is 16.8 Å². The molecule has 1 fully saturated rings. The van der Waals surface area contributed by atoms with Crippen LogP contribution in [0.25, 0.3) is 0 Å². The molecule has 15 heteroatoms. The van der Waals surface area contributed by atoms with Crippen molar-refractivity contribution in [3.8, 4) is 5.75 Å². The van der Waals surface area contributed by atoms with E-state index in [1.54, 1.807) is 32.0 Å². The molecule has 36 heavy (non-hydrogen) atoms. The van der Waals surface area contributed by atoms with Crippen LogP contribution in [0.15, 0.2) is 52.2 Å². The van der Waals surface area contributed by atoms with Gasteiger partial charge in [-0.1, -0.05) is 45.7 Å². The number of para-hydroxylation sites is 1. The molecule has 0 aliphatic carbocycles. The Morgan fingerprint density at radius 3 is 2.58 bits per heavy atom. The molecule has 0 bridgehead atoms. The average Bonchev–Trinajstić information content (AvgIpc) is 3.01. The molecule has 0 saturated carbocycles. The number of halogens is 2. The molecule has 1 aliphatic rings. The maximum Gasteiger partial charge on any atom is 0.459 e. The number of aromatic nitrogens is 2. The number of esters is 1. The summed E-state index contributed by atoms with van der Waals surface area (Å²) >= 11 is 9.60. The summed E-state index contributed by atoms with van der Waals surface area (Å²) in [5.41, 5.74) is -1.44. The highest BCUT2D eigenvalue weighted by atomic mass is 79.9. The van der Waals surface area contributed by atoms with Gasteiger partial charge in [-0.25, -0.2) is 9.36 Å². The standard InChI is InChI=1S/C21H26BrClN3O9P/c1-12(2)33-18(29)13(3)25-36(31,35-14-7-5-4-6-8-14)32-11-15-17(28)21(22,23)19(34-15)26-10-9-16(27)24-20(26)30/h4-10,12-13,15,17,19,28H,11H2,1-3H3,(H,25,31)(H,24,27,30)/t13-,15+,17+,19+,21-,36+/m0/s1. The summed E-state index contributed by atoms with van der Waals surface area (Å²) in [6.45, 7) is 4.25. The molecule has 1 saturated heterocycles. The van der Waals surface area contributed by atoms with Crippen LogP contribution in [0.5, 0.6) is 5.75 Å². The number of hydrogen-bond acceptors (Lipinski definition) is 9. The van der Waals surface area contributed by atoms with Crippen molar-refractivity contribution in [3.05, 3.63) is 63.4 Å². The zero-order valence-electron chi connectivity index (χ0n) is 19.5. The van der Waals surface area contributed by atoms with Crippen LogP contribution in [0.3, 0.4) is 0 Å². The molecule has 1 aromatic carbocycles. The molecular weight excluding hydrogens is 585 g/mol. The Kier molecular flexibility index (Phi) is 9.20. The van der Waals surface area contributed by atoms with Gasteiger partial charge in [-0.15, -0.1) is 0 Å². The second-order valence-corrected chi connectivity index (χ2v) is 12.3. The molecule has 6 atom stereocenters. The van der Waals surface area contributed by atoms with Crippen LogP contribution in [0, 0.1) is 0 Å². The van der Waals surface area contributed by atoms with Crippen molar-refractivity contribution in [2.24, 2.45) is 0 Å². The van der Waals surface area contributed by atoms with Gasteiger partial charge < -0.3 is 19.1 Å². The third-order valence-corrected chi connectivity index (χ3v) is 7.83. The Hall–Kier alpha value is -1.99. The molecule has 0 radical (unpaired) electrons. The van der Waals surface area contributed by atoms with E-state index in [-0.39, 0.29) is 5.75 Å². The Morgan fingerprint density at radius 1 is 1.31 bits per heavy atom. The highest BCUT2D eigenvalue weighted by Crippen LogP contribution is 2.50. The minimum Gasteiger partial charge on any atom is -0.462 e. The van der Waals surface area contributed by atoms with Gasteiger partial charge in [-0.2, -0.15) is 5.09 Å². The van der Waals surface area contributed by atoms with Crippen molar-refractivity contribution in [2.75, 3.05) is 6.61 Å². The minimum atomic E-state index is -4.24. The van der Waals surface area contributed by atoms with Crippen LogP contribution in [-0.2, 0) is 23.4 Å². The number of hydrogen-bond donors (Lipinski definition) is 3. The normalized spacial score (nSPS) is 26.4. The van der Waals surface area contributed by atoms with Crippen molar-refractivity contribution in [1.82, 2.24) is 14.6 Å². The number of benzene rings is 1. The van der Waals surface area contributed by atoms with E-state index in [1.807, 2.05) is 0 Å². The van der Waals surface area contributed by atoms with Crippen molar-refractivity contribution in [2.45, 2.75) is 55.1 Å². The van der Waals surface area contributed by atoms with Crippen molar-refractivity contribution in [1.29, 1.82) is 0 Å². The number of alkyl halides is 2. The van der Waals surface area contributed by atoms with Gasteiger partial charge in [0.2, 0.25) is 0 Å². The molecule has 198 valence electrons. The lowest BCUT2D eigenvalue weighted by atomic mass is 10.2. The van der Waals surface area contributed by atoms with Crippen LogP contribution in [0.2, 0.25) is 0 Å². The fourth-order valence-corrected chi connectivity index (χ4v) is 5.65. The van der Waals surface area contributed by atoms with Gasteiger partial charge in [0.1, 0.15) is 24.0 Å². The van der Waals surface area contributed by atoms with Crippen molar-refractivity contribution in [3.63, 3.8) is 0 Å². The Morgan fingerprint density at radius 2 is 1.97 bits per heavy atom.